The number of rotatable bonds is 9. The fraction of sp³-hybridized carbons (Fsp3) is 0.250. The van der Waals surface area contributed by atoms with Gasteiger partial charge >= 0.3 is 0 Å². The summed E-state index contributed by atoms with van der Waals surface area (Å²) in [5.74, 6) is 0.863. The van der Waals surface area contributed by atoms with E-state index in [1.54, 1.807) is 31.4 Å². The second-order valence-corrected chi connectivity index (χ2v) is 11.0. The number of amides is 1. The molecule has 0 bridgehead atoms. The van der Waals surface area contributed by atoms with Crippen LogP contribution in [-0.2, 0) is 21.2 Å². The van der Waals surface area contributed by atoms with Crippen LogP contribution in [0.15, 0.2) is 71.6 Å². The molecule has 0 atom stereocenters. The molecule has 0 aliphatic heterocycles. The van der Waals surface area contributed by atoms with Crippen molar-refractivity contribution in [1.29, 1.82) is 0 Å². The van der Waals surface area contributed by atoms with Crippen molar-refractivity contribution < 1.29 is 17.9 Å². The zero-order valence-corrected chi connectivity index (χ0v) is 21.7. The van der Waals surface area contributed by atoms with Gasteiger partial charge in [-0.25, -0.2) is 13.1 Å². The number of hydrogen-bond acceptors (Lipinski definition) is 4. The van der Waals surface area contributed by atoms with E-state index in [4.69, 9.17) is 4.74 Å². The summed E-state index contributed by atoms with van der Waals surface area (Å²) in [5, 5.41) is 3.93. The summed E-state index contributed by atoms with van der Waals surface area (Å²) in [5.41, 5.74) is 5.36. The quantitative estimate of drug-likeness (QED) is 0.289. The number of hydrogen-bond donors (Lipinski definition) is 3. The molecule has 1 aromatic heterocycles. The molecule has 4 rings (SSSR count). The molecule has 0 radical (unpaired) electrons. The number of carbonyl (C=O) groups excluding carboxylic acids is 1. The minimum Gasteiger partial charge on any atom is -0.497 e. The summed E-state index contributed by atoms with van der Waals surface area (Å²) in [6.45, 7) is 6.27. The third-order valence-corrected chi connectivity index (χ3v) is 7.45. The molecule has 1 amide bonds. The van der Waals surface area contributed by atoms with Gasteiger partial charge in [-0.3, -0.25) is 4.79 Å². The lowest BCUT2D eigenvalue weighted by molar-refractivity contribution is -0.115. The van der Waals surface area contributed by atoms with Gasteiger partial charge in [0, 0.05) is 28.8 Å². The van der Waals surface area contributed by atoms with Crippen LogP contribution in [-0.4, -0.2) is 33.0 Å². The number of ether oxygens (including phenoxy) is 1. The van der Waals surface area contributed by atoms with Crippen LogP contribution in [0, 0.1) is 12.8 Å². The average Bonchev–Trinajstić information content (AvgIpc) is 3.17. The number of anilines is 1. The molecule has 0 saturated carbocycles. The van der Waals surface area contributed by atoms with Crippen molar-refractivity contribution in [3.05, 3.63) is 78.0 Å². The van der Waals surface area contributed by atoms with Crippen molar-refractivity contribution >= 4 is 32.5 Å². The number of nitrogens with one attached hydrogen (secondary N) is 3. The molecule has 3 aromatic carbocycles. The molecule has 7 nitrogen and oxygen atoms in total. The fourth-order valence-corrected chi connectivity index (χ4v) is 5.23. The maximum absolute atomic E-state index is 12.8. The summed E-state index contributed by atoms with van der Waals surface area (Å²) >= 11 is 0. The zero-order chi connectivity index (χ0) is 25.9. The van der Waals surface area contributed by atoms with Crippen molar-refractivity contribution in [1.82, 2.24) is 9.71 Å². The zero-order valence-electron chi connectivity index (χ0n) is 20.9. The van der Waals surface area contributed by atoms with E-state index in [0.29, 0.717) is 12.2 Å². The SMILES string of the molecule is COc1ccc2[nH]c(C)c(CC(=O)Nc3ccc(-c4ccc(S(=O)(=O)NCC(C)C)cc4)cc3)c2c1. The van der Waals surface area contributed by atoms with Gasteiger partial charge in [-0.2, -0.15) is 0 Å². The molecule has 0 fully saturated rings. The summed E-state index contributed by atoms with van der Waals surface area (Å²) < 4.78 is 32.8. The first-order valence-corrected chi connectivity index (χ1v) is 13.3. The number of sulfonamides is 1. The highest BCUT2D eigenvalue weighted by Crippen LogP contribution is 2.27. The van der Waals surface area contributed by atoms with Crippen molar-refractivity contribution in [3.63, 3.8) is 0 Å². The topological polar surface area (TPSA) is 100 Å². The van der Waals surface area contributed by atoms with Gasteiger partial charge in [0.05, 0.1) is 18.4 Å². The summed E-state index contributed by atoms with van der Waals surface area (Å²) in [4.78, 5) is 16.4. The average molecular weight is 506 g/mol. The number of aromatic amines is 1. The van der Waals surface area contributed by atoms with Crippen LogP contribution in [0.5, 0.6) is 5.75 Å². The van der Waals surface area contributed by atoms with E-state index in [0.717, 1.165) is 39.0 Å². The van der Waals surface area contributed by atoms with Gasteiger partial charge in [0.1, 0.15) is 5.75 Å². The van der Waals surface area contributed by atoms with Crippen molar-refractivity contribution in [3.8, 4) is 16.9 Å². The number of fused-ring (bicyclic) bond motifs is 1. The molecular weight excluding hydrogens is 474 g/mol. The van der Waals surface area contributed by atoms with Gasteiger partial charge in [0.15, 0.2) is 0 Å². The second kappa shape index (κ2) is 10.6. The predicted octanol–water partition coefficient (Wildman–Crippen LogP) is 5.27. The Labute approximate surface area is 211 Å². The molecule has 36 heavy (non-hydrogen) atoms. The highest BCUT2D eigenvalue weighted by Gasteiger charge is 2.15. The third kappa shape index (κ3) is 5.78. The Kier molecular flexibility index (Phi) is 7.47. The number of H-pyrrole nitrogens is 1. The number of aromatic nitrogens is 1. The van der Waals surface area contributed by atoms with Crippen LogP contribution in [0.4, 0.5) is 5.69 Å². The van der Waals surface area contributed by atoms with E-state index < -0.39 is 10.0 Å². The first kappa shape index (κ1) is 25.5. The Balaban J connectivity index is 1.43. The minimum atomic E-state index is -3.52. The van der Waals surface area contributed by atoms with E-state index in [1.165, 1.54) is 0 Å². The van der Waals surface area contributed by atoms with Gasteiger partial charge in [-0.1, -0.05) is 38.1 Å². The van der Waals surface area contributed by atoms with Gasteiger partial charge in [-0.15, -0.1) is 0 Å². The van der Waals surface area contributed by atoms with Crippen LogP contribution in [0.25, 0.3) is 22.0 Å². The van der Waals surface area contributed by atoms with Gasteiger partial charge in [-0.05, 0) is 72.0 Å². The van der Waals surface area contributed by atoms with Gasteiger partial charge in [0.25, 0.3) is 0 Å². The van der Waals surface area contributed by atoms with E-state index in [9.17, 15) is 13.2 Å². The Hall–Kier alpha value is -3.62. The molecule has 3 N–H and O–H groups in total. The third-order valence-electron chi connectivity index (χ3n) is 6.01. The minimum absolute atomic E-state index is 0.113. The standard InChI is InChI=1S/C28H31N3O4S/c1-18(2)17-29-36(33,34)24-12-7-21(8-13-24)20-5-9-22(10-6-20)31-28(32)16-25-19(3)30-27-14-11-23(35-4)15-26(25)27/h5-15,18,29-30H,16-17H2,1-4H3,(H,31,32). The van der Waals surface area contributed by atoms with Crippen LogP contribution < -0.4 is 14.8 Å². The number of benzene rings is 3. The van der Waals surface area contributed by atoms with E-state index in [1.807, 2.05) is 63.2 Å². The van der Waals surface area contributed by atoms with Crippen LogP contribution in [0.2, 0.25) is 0 Å². The molecule has 0 spiro atoms. The smallest absolute Gasteiger partial charge is 0.240 e. The monoisotopic (exact) mass is 505 g/mol. The largest absolute Gasteiger partial charge is 0.497 e. The maximum Gasteiger partial charge on any atom is 0.240 e. The molecule has 4 aromatic rings. The predicted molar refractivity (Wildman–Crippen MR) is 144 cm³/mol. The van der Waals surface area contributed by atoms with Crippen molar-refractivity contribution in [2.75, 3.05) is 19.0 Å². The van der Waals surface area contributed by atoms with E-state index >= 15 is 0 Å². The summed E-state index contributed by atoms with van der Waals surface area (Å²) in [6, 6.07) is 20.0. The van der Waals surface area contributed by atoms with Crippen molar-refractivity contribution in [2.45, 2.75) is 32.1 Å². The molecular formula is C28H31N3O4S. The van der Waals surface area contributed by atoms with E-state index in [2.05, 4.69) is 15.0 Å². The highest BCUT2D eigenvalue weighted by molar-refractivity contribution is 7.89. The number of carbonyl (C=O) groups is 1. The first-order valence-electron chi connectivity index (χ1n) is 11.8. The Morgan fingerprint density at radius 3 is 2.22 bits per heavy atom. The molecule has 188 valence electrons. The van der Waals surface area contributed by atoms with Crippen LogP contribution in [0.3, 0.4) is 0 Å². The van der Waals surface area contributed by atoms with Crippen molar-refractivity contribution in [2.24, 2.45) is 5.92 Å². The molecule has 0 aliphatic rings. The molecule has 0 aliphatic carbocycles. The first-order chi connectivity index (χ1) is 17.2. The molecule has 0 saturated heterocycles. The van der Waals surface area contributed by atoms with E-state index in [-0.39, 0.29) is 23.1 Å². The molecule has 0 unspecified atom stereocenters. The fourth-order valence-electron chi connectivity index (χ4n) is 4.01. The lowest BCUT2D eigenvalue weighted by Gasteiger charge is -2.10. The maximum atomic E-state index is 12.8. The van der Waals surface area contributed by atoms with Crippen LogP contribution >= 0.6 is 0 Å². The number of methoxy groups -OCH3 is 1. The second-order valence-electron chi connectivity index (χ2n) is 9.21. The summed E-state index contributed by atoms with van der Waals surface area (Å²) in [7, 11) is -1.90. The van der Waals surface area contributed by atoms with Gasteiger partial charge < -0.3 is 15.0 Å². The lowest BCUT2D eigenvalue weighted by atomic mass is 10.1. The highest BCUT2D eigenvalue weighted by atomic mass is 32.2. The Bertz CT molecular complexity index is 1470. The van der Waals surface area contributed by atoms with Gasteiger partial charge in [0.2, 0.25) is 15.9 Å². The summed E-state index contributed by atoms with van der Waals surface area (Å²) in [6.07, 6.45) is 0.238. The Morgan fingerprint density at radius 2 is 1.61 bits per heavy atom. The normalized spacial score (nSPS) is 11.7. The molecule has 8 heteroatoms. The van der Waals surface area contributed by atoms with Crippen LogP contribution in [0.1, 0.15) is 25.1 Å². The number of aryl methyl sites for hydroxylation is 1. The molecule has 1 heterocycles. The lowest BCUT2D eigenvalue weighted by Crippen LogP contribution is -2.27. The Morgan fingerprint density at radius 1 is 0.972 bits per heavy atom.